The van der Waals surface area contributed by atoms with Crippen LogP contribution in [0.3, 0.4) is 0 Å². The molecular formula is C20H22N4O2. The van der Waals surface area contributed by atoms with Gasteiger partial charge in [0.25, 0.3) is 5.91 Å². The van der Waals surface area contributed by atoms with Gasteiger partial charge in [-0.1, -0.05) is 25.1 Å². The number of hydrogen-bond donors (Lipinski definition) is 0. The molecule has 1 amide bonds. The van der Waals surface area contributed by atoms with Gasteiger partial charge in [-0.25, -0.2) is 4.68 Å². The molecule has 2 aromatic heterocycles. The molecule has 1 aromatic carbocycles. The van der Waals surface area contributed by atoms with Crippen LogP contribution in [0.5, 0.6) is 0 Å². The summed E-state index contributed by atoms with van der Waals surface area (Å²) in [4.78, 5) is 15.0. The van der Waals surface area contributed by atoms with Crippen molar-refractivity contribution in [2.24, 2.45) is 0 Å². The second-order valence-electron chi connectivity index (χ2n) is 6.97. The third-order valence-electron chi connectivity index (χ3n) is 4.83. The van der Waals surface area contributed by atoms with Crippen molar-refractivity contribution in [3.8, 4) is 5.69 Å². The number of hydrogen-bond acceptors (Lipinski definition) is 4. The van der Waals surface area contributed by atoms with Crippen LogP contribution in [0.1, 0.15) is 60.5 Å². The topological polar surface area (TPSA) is 64.2 Å². The van der Waals surface area contributed by atoms with Crippen LogP contribution in [0.15, 0.2) is 53.3 Å². The Morgan fingerprint density at radius 1 is 1.27 bits per heavy atom. The van der Waals surface area contributed by atoms with Crippen molar-refractivity contribution in [1.82, 2.24) is 19.8 Å². The molecule has 0 saturated carbocycles. The van der Waals surface area contributed by atoms with Crippen LogP contribution in [0.25, 0.3) is 5.69 Å². The van der Waals surface area contributed by atoms with Crippen LogP contribution in [0.2, 0.25) is 0 Å². The molecule has 1 saturated heterocycles. The summed E-state index contributed by atoms with van der Waals surface area (Å²) in [6.45, 7) is 4.88. The standard InChI is InChI=1S/C20H22N4O2/c1-14(2)19-13-17(22-26-19)18-8-4-10-23(18)20(25)15-6-3-7-16(12-15)24-11-5-9-21-24/h3,5-7,9,11-14,18H,4,8,10H2,1-2H3. The maximum Gasteiger partial charge on any atom is 0.254 e. The second kappa shape index (κ2) is 6.78. The van der Waals surface area contributed by atoms with Gasteiger partial charge in [-0.05, 0) is 37.1 Å². The molecule has 0 radical (unpaired) electrons. The van der Waals surface area contributed by atoms with Gasteiger partial charge in [0.15, 0.2) is 0 Å². The van der Waals surface area contributed by atoms with E-state index in [1.54, 1.807) is 10.9 Å². The lowest BCUT2D eigenvalue weighted by Gasteiger charge is -2.23. The lowest BCUT2D eigenvalue weighted by molar-refractivity contribution is 0.0730. The van der Waals surface area contributed by atoms with Crippen molar-refractivity contribution in [2.45, 2.75) is 38.6 Å². The third-order valence-corrected chi connectivity index (χ3v) is 4.83. The second-order valence-corrected chi connectivity index (χ2v) is 6.97. The van der Waals surface area contributed by atoms with E-state index >= 15 is 0 Å². The van der Waals surface area contributed by atoms with Crippen LogP contribution >= 0.6 is 0 Å². The summed E-state index contributed by atoms with van der Waals surface area (Å²) in [7, 11) is 0. The van der Waals surface area contributed by atoms with Crippen LogP contribution in [-0.2, 0) is 0 Å². The van der Waals surface area contributed by atoms with Crippen molar-refractivity contribution in [1.29, 1.82) is 0 Å². The van der Waals surface area contributed by atoms with Crippen LogP contribution in [0, 0.1) is 0 Å². The van der Waals surface area contributed by atoms with Crippen molar-refractivity contribution in [3.05, 3.63) is 65.8 Å². The Labute approximate surface area is 152 Å². The first-order valence-electron chi connectivity index (χ1n) is 9.01. The van der Waals surface area contributed by atoms with Gasteiger partial charge in [-0.15, -0.1) is 0 Å². The van der Waals surface area contributed by atoms with E-state index in [-0.39, 0.29) is 17.9 Å². The van der Waals surface area contributed by atoms with Crippen molar-refractivity contribution in [3.63, 3.8) is 0 Å². The molecule has 0 aliphatic carbocycles. The zero-order valence-corrected chi connectivity index (χ0v) is 15.0. The normalized spacial score (nSPS) is 17.2. The zero-order valence-electron chi connectivity index (χ0n) is 15.0. The summed E-state index contributed by atoms with van der Waals surface area (Å²) in [5.41, 5.74) is 2.39. The van der Waals surface area contributed by atoms with Gasteiger partial charge in [0.2, 0.25) is 0 Å². The minimum atomic E-state index is -0.0212. The fourth-order valence-electron chi connectivity index (χ4n) is 3.42. The average molecular weight is 350 g/mol. The van der Waals surface area contributed by atoms with Gasteiger partial charge in [-0.3, -0.25) is 4.79 Å². The van der Waals surface area contributed by atoms with Gasteiger partial charge >= 0.3 is 0 Å². The van der Waals surface area contributed by atoms with E-state index in [9.17, 15) is 4.79 Å². The molecule has 3 aromatic rings. The highest BCUT2D eigenvalue weighted by Crippen LogP contribution is 2.34. The monoisotopic (exact) mass is 350 g/mol. The summed E-state index contributed by atoms with van der Waals surface area (Å²) in [5, 5.41) is 8.46. The molecule has 6 heteroatoms. The third kappa shape index (κ3) is 3.03. The predicted molar refractivity (Wildman–Crippen MR) is 97.2 cm³/mol. The Balaban J connectivity index is 1.59. The molecular weight excluding hydrogens is 328 g/mol. The predicted octanol–water partition coefficient (Wildman–Crippen LogP) is 3.96. The van der Waals surface area contributed by atoms with Gasteiger partial charge < -0.3 is 9.42 Å². The van der Waals surface area contributed by atoms with Crippen LogP contribution < -0.4 is 0 Å². The summed E-state index contributed by atoms with van der Waals surface area (Å²) in [5.74, 6) is 1.17. The lowest BCUT2D eigenvalue weighted by atomic mass is 10.1. The fraction of sp³-hybridized carbons (Fsp3) is 0.350. The molecule has 26 heavy (non-hydrogen) atoms. The minimum Gasteiger partial charge on any atom is -0.361 e. The summed E-state index contributed by atoms with van der Waals surface area (Å²) in [6, 6.07) is 11.4. The molecule has 1 aliphatic heterocycles. The van der Waals surface area contributed by atoms with E-state index in [1.807, 2.05) is 47.5 Å². The molecule has 6 nitrogen and oxygen atoms in total. The van der Waals surface area contributed by atoms with Gasteiger partial charge in [0.1, 0.15) is 11.5 Å². The van der Waals surface area contributed by atoms with E-state index in [0.29, 0.717) is 5.56 Å². The first-order chi connectivity index (χ1) is 12.6. The highest BCUT2D eigenvalue weighted by atomic mass is 16.5. The number of nitrogens with zero attached hydrogens (tertiary/aromatic N) is 4. The number of amides is 1. The van der Waals surface area contributed by atoms with Crippen LogP contribution in [0.4, 0.5) is 0 Å². The average Bonchev–Trinajstić information content (AvgIpc) is 3.41. The number of benzene rings is 1. The highest BCUT2D eigenvalue weighted by Gasteiger charge is 2.33. The molecule has 134 valence electrons. The number of carbonyl (C=O) groups excluding carboxylic acids is 1. The van der Waals surface area contributed by atoms with Crippen molar-refractivity contribution in [2.75, 3.05) is 6.54 Å². The number of likely N-dealkylation sites (tertiary alicyclic amines) is 1. The Bertz CT molecular complexity index is 898. The first-order valence-corrected chi connectivity index (χ1v) is 9.01. The van der Waals surface area contributed by atoms with E-state index in [1.165, 1.54) is 0 Å². The van der Waals surface area contributed by atoms with Crippen molar-refractivity contribution < 1.29 is 9.32 Å². The molecule has 0 bridgehead atoms. The number of carbonyl (C=O) groups is 1. The van der Waals surface area contributed by atoms with Gasteiger partial charge in [0, 0.05) is 36.5 Å². The largest absolute Gasteiger partial charge is 0.361 e. The van der Waals surface area contributed by atoms with E-state index in [0.717, 1.165) is 36.5 Å². The number of aromatic nitrogens is 3. The molecule has 1 unspecified atom stereocenters. The molecule has 0 N–H and O–H groups in total. The summed E-state index contributed by atoms with van der Waals surface area (Å²) < 4.78 is 7.20. The Morgan fingerprint density at radius 3 is 2.88 bits per heavy atom. The molecule has 1 fully saturated rings. The Morgan fingerprint density at radius 2 is 2.15 bits per heavy atom. The van der Waals surface area contributed by atoms with E-state index in [2.05, 4.69) is 24.1 Å². The molecule has 4 rings (SSSR count). The van der Waals surface area contributed by atoms with Crippen LogP contribution in [-0.4, -0.2) is 32.3 Å². The molecule has 0 spiro atoms. The maximum absolute atomic E-state index is 13.1. The van der Waals surface area contributed by atoms with E-state index < -0.39 is 0 Å². The smallest absolute Gasteiger partial charge is 0.254 e. The first kappa shape index (κ1) is 16.6. The lowest BCUT2D eigenvalue weighted by Crippen LogP contribution is -2.30. The molecule has 1 atom stereocenters. The SMILES string of the molecule is CC(C)c1cc(C2CCCN2C(=O)c2cccc(-n3cccn3)c2)no1. The summed E-state index contributed by atoms with van der Waals surface area (Å²) in [6.07, 6.45) is 5.47. The van der Waals surface area contributed by atoms with Gasteiger partial charge in [0.05, 0.1) is 11.7 Å². The number of rotatable bonds is 4. The quantitative estimate of drug-likeness (QED) is 0.714. The Hall–Kier alpha value is -2.89. The Kier molecular flexibility index (Phi) is 4.32. The fourth-order valence-corrected chi connectivity index (χ4v) is 3.42. The molecule has 1 aliphatic rings. The van der Waals surface area contributed by atoms with Crippen molar-refractivity contribution >= 4 is 5.91 Å². The molecule has 3 heterocycles. The highest BCUT2D eigenvalue weighted by molar-refractivity contribution is 5.95. The van der Waals surface area contributed by atoms with Gasteiger partial charge in [-0.2, -0.15) is 5.10 Å². The summed E-state index contributed by atoms with van der Waals surface area (Å²) >= 11 is 0. The maximum atomic E-state index is 13.1. The van der Waals surface area contributed by atoms with E-state index in [4.69, 9.17) is 4.52 Å². The zero-order chi connectivity index (χ0) is 18.1. The minimum absolute atomic E-state index is 0.0212.